The van der Waals surface area contributed by atoms with Gasteiger partial charge in [-0.3, -0.25) is 29.1 Å². The summed E-state index contributed by atoms with van der Waals surface area (Å²) < 4.78 is 11.5. The molecule has 0 saturated heterocycles. The second kappa shape index (κ2) is 16.4. The fourth-order valence-corrected chi connectivity index (χ4v) is 7.18. The first-order valence-electron chi connectivity index (χ1n) is 17.0. The molecular formula is C38H40N6O6S3. The van der Waals surface area contributed by atoms with Gasteiger partial charge >= 0.3 is 0 Å². The van der Waals surface area contributed by atoms with Crippen molar-refractivity contribution >= 4 is 89.7 Å². The van der Waals surface area contributed by atoms with Crippen molar-refractivity contribution in [2.75, 3.05) is 40.8 Å². The zero-order chi connectivity index (χ0) is 37.7. The quantitative estimate of drug-likeness (QED) is 0.120. The molecule has 4 amide bonds. The normalized spacial score (nSPS) is 15.1. The van der Waals surface area contributed by atoms with Crippen LogP contribution in [0.4, 0.5) is 27.9 Å². The van der Waals surface area contributed by atoms with Gasteiger partial charge in [0.05, 0.1) is 31.0 Å². The molecule has 6 rings (SSSR count). The van der Waals surface area contributed by atoms with Gasteiger partial charge in [-0.15, -0.1) is 20.8 Å². The molecule has 0 bridgehead atoms. The fraction of sp³-hybridized carbons (Fsp3) is 0.316. The molecule has 2 aliphatic rings. The van der Waals surface area contributed by atoms with E-state index in [0.717, 1.165) is 22.6 Å². The van der Waals surface area contributed by atoms with Crippen LogP contribution < -0.4 is 30.3 Å². The number of thiazole rings is 1. The molecule has 4 aromatic rings. The highest BCUT2D eigenvalue weighted by Gasteiger charge is 2.36. The van der Waals surface area contributed by atoms with Crippen molar-refractivity contribution < 1.29 is 28.7 Å². The number of rotatable bonds is 14. The third kappa shape index (κ3) is 8.98. The molecule has 53 heavy (non-hydrogen) atoms. The van der Waals surface area contributed by atoms with Crippen LogP contribution in [0.25, 0.3) is 0 Å². The molecule has 3 N–H and O–H groups in total. The van der Waals surface area contributed by atoms with Crippen molar-refractivity contribution in [3.05, 3.63) is 82.9 Å². The van der Waals surface area contributed by atoms with E-state index in [9.17, 15) is 19.2 Å². The molecule has 15 heteroatoms. The smallest absolute Gasteiger partial charge is 0.275 e. The topological polar surface area (TPSA) is 151 Å². The van der Waals surface area contributed by atoms with Crippen LogP contribution in [-0.2, 0) is 36.7 Å². The van der Waals surface area contributed by atoms with Crippen molar-refractivity contribution in [2.45, 2.75) is 56.7 Å². The average molecular weight is 773 g/mol. The van der Waals surface area contributed by atoms with Crippen molar-refractivity contribution in [3.63, 3.8) is 0 Å². The highest BCUT2D eigenvalue weighted by atomic mass is 32.8. The first-order chi connectivity index (χ1) is 25.4. The second-order valence-electron chi connectivity index (χ2n) is 13.2. The number of anilines is 4. The summed E-state index contributed by atoms with van der Waals surface area (Å²) in [6.07, 6.45) is 6.11. The van der Waals surface area contributed by atoms with Gasteiger partial charge in [-0.1, -0.05) is 43.2 Å². The minimum absolute atomic E-state index is 0.0822. The molecule has 1 unspecified atom stereocenters. The number of benzene rings is 3. The number of para-hydroxylation sites is 1. The Hall–Kier alpha value is -4.99. The monoisotopic (exact) mass is 772 g/mol. The van der Waals surface area contributed by atoms with E-state index in [0.29, 0.717) is 64.9 Å². The molecule has 3 aromatic carbocycles. The number of aliphatic imine (C=N–C) groups is 1. The summed E-state index contributed by atoms with van der Waals surface area (Å²) in [6, 6.07) is 17.8. The van der Waals surface area contributed by atoms with E-state index in [1.165, 1.54) is 7.11 Å². The molecule has 2 atom stereocenters. The van der Waals surface area contributed by atoms with E-state index in [-0.39, 0.29) is 56.7 Å². The molecule has 12 nitrogen and oxygen atoms in total. The lowest BCUT2D eigenvalue weighted by Gasteiger charge is -2.23. The lowest BCUT2D eigenvalue weighted by molar-refractivity contribution is -0.117. The molecule has 0 spiro atoms. The number of amides is 4. The van der Waals surface area contributed by atoms with Gasteiger partial charge in [-0.05, 0) is 61.1 Å². The summed E-state index contributed by atoms with van der Waals surface area (Å²) in [5, 5.41) is 10.3. The van der Waals surface area contributed by atoms with Crippen molar-refractivity contribution in [2.24, 2.45) is 4.99 Å². The standard InChI is InChI=1S/C38H40N6O6S3/c1-38(2,53(4)51)16-15-34(46)40-24-11-13-25(14-12-24)41-35(47)29-22-52-37(42-29)43-33(45)10-7-17-50-32-20-28-27(19-31(32)49-3)36(48)44-26(21-39-28)18-23-8-5-6-9-30(23)44/h5-6,8-9,11-14,19-22,26H,7,10,15-18H2,1-4H3,(H,40,46)(H,41,47)(H,42,43,45)/t26-,53?/m0/s1. The van der Waals surface area contributed by atoms with E-state index >= 15 is 0 Å². The molecule has 0 radical (unpaired) electrons. The summed E-state index contributed by atoms with van der Waals surface area (Å²) in [5.41, 5.74) is 4.22. The number of methoxy groups -OCH3 is 1. The van der Waals surface area contributed by atoms with Crippen LogP contribution in [0.15, 0.2) is 71.0 Å². The van der Waals surface area contributed by atoms with Crippen molar-refractivity contribution in [1.29, 1.82) is 0 Å². The van der Waals surface area contributed by atoms with E-state index in [4.69, 9.17) is 20.7 Å². The van der Waals surface area contributed by atoms with Crippen LogP contribution in [0, 0.1) is 0 Å². The number of hydrogen-bond donors (Lipinski definition) is 3. The zero-order valence-corrected chi connectivity index (χ0v) is 32.2. The number of carbonyl (C=O) groups excluding carboxylic acids is 4. The highest BCUT2D eigenvalue weighted by Crippen LogP contribution is 2.41. The van der Waals surface area contributed by atoms with Crippen LogP contribution in [0.1, 0.15) is 65.9 Å². The third-order valence-corrected chi connectivity index (χ3v) is 12.9. The fourth-order valence-electron chi connectivity index (χ4n) is 5.83. The number of aromatic nitrogens is 1. The third-order valence-electron chi connectivity index (χ3n) is 9.08. The van der Waals surface area contributed by atoms with Crippen molar-refractivity contribution in [3.8, 4) is 11.5 Å². The second-order valence-corrected chi connectivity index (χ2v) is 17.6. The molecule has 0 fully saturated rings. The first kappa shape index (κ1) is 37.8. The molecule has 2 aliphatic heterocycles. The highest BCUT2D eigenvalue weighted by molar-refractivity contribution is 8.29. The number of ether oxygens (including phenoxy) is 2. The molecule has 1 aromatic heterocycles. The van der Waals surface area contributed by atoms with Gasteiger partial charge in [-0.2, -0.15) is 0 Å². The Bertz CT molecular complexity index is 2100. The first-order valence-corrected chi connectivity index (χ1v) is 20.5. The van der Waals surface area contributed by atoms with Gasteiger partial charge in [-0.25, -0.2) is 4.98 Å². The van der Waals surface area contributed by atoms with Crippen molar-refractivity contribution in [1.82, 2.24) is 4.98 Å². The molecule has 0 aliphatic carbocycles. The predicted octanol–water partition coefficient (Wildman–Crippen LogP) is 6.70. The Morgan fingerprint density at radius 3 is 2.45 bits per heavy atom. The number of carbonyl (C=O) groups is 4. The van der Waals surface area contributed by atoms with Crippen LogP contribution in [0.2, 0.25) is 0 Å². The van der Waals surface area contributed by atoms with Gasteiger partial charge in [0, 0.05) is 58.7 Å². The maximum atomic E-state index is 13.6. The number of fused-ring (bicyclic) bond motifs is 4. The van der Waals surface area contributed by atoms with Gasteiger partial charge in [0.15, 0.2) is 16.6 Å². The molecule has 3 heterocycles. The van der Waals surface area contributed by atoms with Gasteiger partial charge in [0.1, 0.15) is 5.69 Å². The van der Waals surface area contributed by atoms with Crippen LogP contribution in [0.5, 0.6) is 11.5 Å². The minimum Gasteiger partial charge on any atom is -0.493 e. The molecular weight excluding hydrogens is 733 g/mol. The number of nitrogens with one attached hydrogen (secondary N) is 3. The maximum Gasteiger partial charge on any atom is 0.275 e. The summed E-state index contributed by atoms with van der Waals surface area (Å²) in [5.74, 6) is -0.132. The van der Waals surface area contributed by atoms with E-state index in [1.807, 2.05) is 30.5 Å². The Labute approximate surface area is 319 Å². The summed E-state index contributed by atoms with van der Waals surface area (Å²) >= 11 is 6.54. The number of nitrogens with zero attached hydrogens (tertiary/aromatic N) is 3. The van der Waals surface area contributed by atoms with E-state index in [2.05, 4.69) is 39.8 Å². The van der Waals surface area contributed by atoms with Gasteiger partial charge in [0.25, 0.3) is 11.8 Å². The lowest BCUT2D eigenvalue weighted by Crippen LogP contribution is -2.37. The zero-order valence-electron chi connectivity index (χ0n) is 29.8. The minimum atomic E-state index is -0.432. The Balaban J connectivity index is 0.956. The van der Waals surface area contributed by atoms with Crippen LogP contribution >= 0.6 is 11.3 Å². The summed E-state index contributed by atoms with van der Waals surface area (Å²) in [6.45, 7) is 4.36. The lowest BCUT2D eigenvalue weighted by atomic mass is 10.1. The Morgan fingerprint density at radius 1 is 1.00 bits per heavy atom. The predicted molar refractivity (Wildman–Crippen MR) is 214 cm³/mol. The Kier molecular flexibility index (Phi) is 11.6. The maximum absolute atomic E-state index is 13.6. The molecule has 276 valence electrons. The molecule has 0 saturated carbocycles. The summed E-state index contributed by atoms with van der Waals surface area (Å²) in [7, 11) is 1.30. The average Bonchev–Trinajstić information content (AvgIpc) is 3.73. The van der Waals surface area contributed by atoms with Gasteiger partial charge < -0.3 is 25.4 Å². The SMILES string of the molecule is COc1cc2c(cc1OCCCC(=O)Nc1nc(C(=O)Nc3ccc(NC(=O)CCC(C)(C)S(C)=S)cc3)cs1)N=C[C@@H]1Cc3ccccc3N1C2=O. The summed E-state index contributed by atoms with van der Waals surface area (Å²) in [4.78, 5) is 62.2. The van der Waals surface area contributed by atoms with Crippen LogP contribution in [-0.4, -0.2) is 65.6 Å². The Morgan fingerprint density at radius 2 is 1.72 bits per heavy atom. The van der Waals surface area contributed by atoms with E-state index < -0.39 is 5.91 Å². The van der Waals surface area contributed by atoms with Crippen LogP contribution in [0.3, 0.4) is 0 Å². The van der Waals surface area contributed by atoms with Gasteiger partial charge in [0.2, 0.25) is 11.8 Å². The largest absolute Gasteiger partial charge is 0.493 e. The number of hydrogen-bond acceptors (Lipinski definition) is 10. The van der Waals surface area contributed by atoms with E-state index in [1.54, 1.807) is 52.9 Å².